The Morgan fingerprint density at radius 3 is 2.70 bits per heavy atom. The first-order valence-corrected chi connectivity index (χ1v) is 11.0. The second-order valence-corrected chi connectivity index (χ2v) is 9.31. The number of urea groups is 1. The monoisotopic (exact) mass is 418 g/mol. The first-order valence-electron chi connectivity index (χ1n) is 10.2. The molecule has 30 heavy (non-hydrogen) atoms. The van der Waals surface area contributed by atoms with Gasteiger partial charge >= 0.3 is 6.03 Å². The van der Waals surface area contributed by atoms with Crippen LogP contribution in [0.5, 0.6) is 0 Å². The number of thiophene rings is 1. The second-order valence-electron chi connectivity index (χ2n) is 8.26. The number of hydrogen-bond acceptors (Lipinski definition) is 4. The summed E-state index contributed by atoms with van der Waals surface area (Å²) in [7, 11) is 0. The molecule has 6 heteroatoms. The number of rotatable bonds is 4. The number of fused-ring (bicyclic) bond motifs is 2. The summed E-state index contributed by atoms with van der Waals surface area (Å²) in [6.07, 6.45) is 3.17. The predicted molar refractivity (Wildman–Crippen MR) is 117 cm³/mol. The summed E-state index contributed by atoms with van der Waals surface area (Å²) in [6.45, 7) is 3.38. The molecular weight excluding hydrogens is 396 g/mol. The number of Topliss-reactive ketones (excluding diaryl/α,β-unsaturated/α-hetero) is 1. The molecule has 2 aliphatic rings. The maximum absolute atomic E-state index is 13.3. The minimum Gasteiger partial charge on any atom is -0.319 e. The van der Waals surface area contributed by atoms with E-state index in [1.807, 2.05) is 43.3 Å². The molecule has 1 saturated heterocycles. The third-order valence-corrected chi connectivity index (χ3v) is 7.66. The predicted octanol–water partition coefficient (Wildman–Crippen LogP) is 4.35. The minimum atomic E-state index is -1.15. The van der Waals surface area contributed by atoms with Crippen LogP contribution in [0.1, 0.15) is 45.3 Å². The van der Waals surface area contributed by atoms with Gasteiger partial charge in [-0.1, -0.05) is 36.4 Å². The van der Waals surface area contributed by atoms with Gasteiger partial charge in [-0.05, 0) is 66.8 Å². The molecule has 0 spiro atoms. The fourth-order valence-electron chi connectivity index (χ4n) is 4.57. The first-order chi connectivity index (χ1) is 14.4. The Morgan fingerprint density at radius 2 is 1.90 bits per heavy atom. The van der Waals surface area contributed by atoms with Crippen LogP contribution < -0.4 is 5.32 Å². The van der Waals surface area contributed by atoms with E-state index in [4.69, 9.17) is 0 Å². The number of nitrogens with one attached hydrogen (secondary N) is 1. The summed E-state index contributed by atoms with van der Waals surface area (Å²) >= 11 is 1.41. The highest BCUT2D eigenvalue weighted by molar-refractivity contribution is 7.21. The van der Waals surface area contributed by atoms with Crippen LogP contribution in [0.4, 0.5) is 4.79 Å². The number of hydrogen-bond donors (Lipinski definition) is 1. The van der Waals surface area contributed by atoms with Gasteiger partial charge in [-0.2, -0.15) is 0 Å². The molecule has 1 atom stereocenters. The van der Waals surface area contributed by atoms with Gasteiger partial charge in [0, 0.05) is 4.70 Å². The quantitative estimate of drug-likeness (QED) is 0.506. The van der Waals surface area contributed by atoms with Crippen LogP contribution in [0, 0.1) is 6.92 Å². The number of nitrogens with zero attached hydrogens (tertiary/aromatic N) is 1. The Labute approximate surface area is 178 Å². The largest absolute Gasteiger partial charge is 0.325 e. The van der Waals surface area contributed by atoms with Crippen molar-refractivity contribution in [1.29, 1.82) is 0 Å². The summed E-state index contributed by atoms with van der Waals surface area (Å²) < 4.78 is 1.03. The van der Waals surface area contributed by atoms with Crippen LogP contribution in [-0.4, -0.2) is 29.2 Å². The van der Waals surface area contributed by atoms with Crippen molar-refractivity contribution in [1.82, 2.24) is 10.2 Å². The molecular formula is C24H22N2O3S. The number of carbonyl (C=O) groups excluding carboxylic acids is 3. The summed E-state index contributed by atoms with van der Waals surface area (Å²) in [4.78, 5) is 40.6. The summed E-state index contributed by atoms with van der Waals surface area (Å²) in [5.41, 5.74) is 3.07. The van der Waals surface area contributed by atoms with Crippen LogP contribution in [0.2, 0.25) is 0 Å². The molecule has 5 nitrogen and oxygen atoms in total. The van der Waals surface area contributed by atoms with E-state index < -0.39 is 11.6 Å². The normalized spacial score (nSPS) is 20.7. The molecule has 0 unspecified atom stereocenters. The van der Waals surface area contributed by atoms with Crippen molar-refractivity contribution in [3.63, 3.8) is 0 Å². The Balaban J connectivity index is 1.43. The van der Waals surface area contributed by atoms with Gasteiger partial charge in [0.2, 0.25) is 0 Å². The maximum Gasteiger partial charge on any atom is 0.325 e. The van der Waals surface area contributed by atoms with Gasteiger partial charge in [0.1, 0.15) is 5.54 Å². The van der Waals surface area contributed by atoms with E-state index in [-0.39, 0.29) is 18.2 Å². The highest BCUT2D eigenvalue weighted by atomic mass is 32.1. The Kier molecular flexibility index (Phi) is 4.29. The molecule has 0 bridgehead atoms. The van der Waals surface area contributed by atoms with Crippen molar-refractivity contribution in [3.05, 3.63) is 69.6 Å². The van der Waals surface area contributed by atoms with Crippen molar-refractivity contribution < 1.29 is 14.4 Å². The topological polar surface area (TPSA) is 66.5 Å². The van der Waals surface area contributed by atoms with Crippen molar-refractivity contribution in [3.8, 4) is 0 Å². The lowest BCUT2D eigenvalue weighted by molar-refractivity contribution is -0.130. The number of amides is 3. The van der Waals surface area contributed by atoms with Gasteiger partial charge in [-0.3, -0.25) is 14.5 Å². The molecule has 0 radical (unpaired) electrons. The Morgan fingerprint density at radius 1 is 1.13 bits per heavy atom. The maximum atomic E-state index is 13.3. The van der Waals surface area contributed by atoms with Gasteiger partial charge in [-0.15, -0.1) is 11.3 Å². The zero-order chi connectivity index (χ0) is 21.0. The van der Waals surface area contributed by atoms with E-state index >= 15 is 0 Å². The number of aryl methyl sites for hydroxylation is 3. The summed E-state index contributed by atoms with van der Waals surface area (Å²) in [5.74, 6) is -0.590. The lowest BCUT2D eigenvalue weighted by atomic mass is 9.89. The highest BCUT2D eigenvalue weighted by Crippen LogP contribution is 2.34. The van der Waals surface area contributed by atoms with E-state index in [0.29, 0.717) is 4.88 Å². The zero-order valence-corrected chi connectivity index (χ0v) is 17.8. The molecule has 152 valence electrons. The molecule has 2 aromatic carbocycles. The average molecular weight is 419 g/mol. The molecule has 3 aromatic rings. The van der Waals surface area contributed by atoms with Crippen molar-refractivity contribution in [2.24, 2.45) is 0 Å². The molecule has 1 aliphatic carbocycles. The number of ketones is 1. The van der Waals surface area contributed by atoms with Gasteiger partial charge in [0.25, 0.3) is 5.91 Å². The van der Waals surface area contributed by atoms with Crippen molar-refractivity contribution in [2.75, 3.05) is 6.54 Å². The molecule has 1 aliphatic heterocycles. The van der Waals surface area contributed by atoms with Crippen LogP contribution in [-0.2, 0) is 23.2 Å². The fraction of sp³-hybridized carbons (Fsp3) is 0.292. The van der Waals surface area contributed by atoms with E-state index in [2.05, 4.69) is 11.4 Å². The Bertz CT molecular complexity index is 1230. The van der Waals surface area contributed by atoms with E-state index in [0.717, 1.165) is 45.4 Å². The van der Waals surface area contributed by atoms with Gasteiger partial charge in [0.15, 0.2) is 5.78 Å². The van der Waals surface area contributed by atoms with Crippen molar-refractivity contribution in [2.45, 2.75) is 38.6 Å². The summed E-state index contributed by atoms with van der Waals surface area (Å²) in [6, 6.07) is 13.3. The Hall–Kier alpha value is -2.99. The standard InChI is InChI=1S/C24H22N2O3S/c1-14-18-8-3-4-9-20(18)30-21(14)19(27)13-26-22(28)24(2,25-23(26)29)17-11-10-15-6-5-7-16(15)12-17/h3-4,8-12H,5-7,13H2,1-2H3,(H,25,29)/t24-/m1/s1. The molecule has 1 aromatic heterocycles. The van der Waals surface area contributed by atoms with Crippen LogP contribution in [0.15, 0.2) is 42.5 Å². The minimum absolute atomic E-state index is 0.213. The second kappa shape index (κ2) is 6.77. The summed E-state index contributed by atoms with van der Waals surface area (Å²) in [5, 5.41) is 3.86. The van der Waals surface area contributed by atoms with Crippen LogP contribution in [0.3, 0.4) is 0 Å². The molecule has 5 rings (SSSR count). The molecule has 1 fully saturated rings. The third kappa shape index (κ3) is 2.78. The molecule has 3 amide bonds. The molecule has 1 N–H and O–H groups in total. The SMILES string of the molecule is Cc1c(C(=O)CN2C(=O)N[C@](C)(c3ccc4c(c3)CCC4)C2=O)sc2ccccc12. The van der Waals surface area contributed by atoms with Crippen LogP contribution >= 0.6 is 11.3 Å². The first kappa shape index (κ1) is 19.0. The average Bonchev–Trinajstić information content (AvgIpc) is 3.40. The van der Waals surface area contributed by atoms with Gasteiger partial charge < -0.3 is 5.32 Å². The van der Waals surface area contributed by atoms with Gasteiger partial charge in [-0.25, -0.2) is 4.79 Å². The van der Waals surface area contributed by atoms with E-state index in [9.17, 15) is 14.4 Å². The lowest BCUT2D eigenvalue weighted by Crippen LogP contribution is -2.41. The zero-order valence-electron chi connectivity index (χ0n) is 17.0. The number of imide groups is 1. The smallest absolute Gasteiger partial charge is 0.319 e. The van der Waals surface area contributed by atoms with Crippen LogP contribution in [0.25, 0.3) is 10.1 Å². The lowest BCUT2D eigenvalue weighted by Gasteiger charge is -2.23. The van der Waals surface area contributed by atoms with E-state index in [1.165, 1.54) is 22.5 Å². The number of carbonyl (C=O) groups is 3. The highest BCUT2D eigenvalue weighted by Gasteiger charge is 2.49. The fourth-order valence-corrected chi connectivity index (χ4v) is 5.71. The van der Waals surface area contributed by atoms with Gasteiger partial charge in [0.05, 0.1) is 11.4 Å². The third-order valence-electron chi connectivity index (χ3n) is 6.35. The number of benzene rings is 2. The van der Waals surface area contributed by atoms with Crippen molar-refractivity contribution >= 4 is 39.1 Å². The van der Waals surface area contributed by atoms with E-state index in [1.54, 1.807) is 6.92 Å². The molecule has 2 heterocycles. The molecule has 0 saturated carbocycles.